The first-order valence-electron chi connectivity index (χ1n) is 5.95. The molecule has 0 spiro atoms. The average Bonchev–Trinajstić information content (AvgIpc) is 2.35. The van der Waals surface area contributed by atoms with Crippen molar-refractivity contribution in [2.75, 3.05) is 6.26 Å². The van der Waals surface area contributed by atoms with Gasteiger partial charge in [-0.25, -0.2) is 14.0 Å². The highest BCUT2D eigenvalue weighted by Crippen LogP contribution is 2.29. The van der Waals surface area contributed by atoms with Crippen LogP contribution in [0.2, 0.25) is 5.15 Å². The molecule has 1 N–H and O–H groups in total. The smallest absolute Gasteiger partial charge is 0.141 e. The lowest BCUT2D eigenvalue weighted by Crippen LogP contribution is -2.06. The van der Waals surface area contributed by atoms with E-state index in [2.05, 4.69) is 4.98 Å². The Hall–Kier alpha value is -1.59. The molecule has 0 aliphatic rings. The summed E-state index contributed by atoms with van der Waals surface area (Å²) >= 11 is 5.91. The number of rotatable bonds is 4. The van der Waals surface area contributed by atoms with Gasteiger partial charge in [0.25, 0.3) is 0 Å². The van der Waals surface area contributed by atoms with Gasteiger partial charge >= 0.3 is 0 Å². The summed E-state index contributed by atoms with van der Waals surface area (Å²) < 4.78 is 25.5. The van der Waals surface area contributed by atoms with Crippen LogP contribution in [0.5, 0.6) is 5.75 Å². The second-order valence-corrected chi connectivity index (χ2v) is 6.96. The molecule has 0 radical (unpaired) electrons. The summed E-state index contributed by atoms with van der Waals surface area (Å²) in [6.07, 6.45) is 1.35. The third-order valence-corrected chi connectivity index (χ3v) is 4.17. The van der Waals surface area contributed by atoms with Crippen molar-refractivity contribution in [2.24, 2.45) is 0 Å². The number of pyridine rings is 1. The maximum atomic E-state index is 12.1. The minimum Gasteiger partial charge on any atom is -0.487 e. The Bertz CT molecular complexity index is 715. The Morgan fingerprint density at radius 1 is 1.35 bits per heavy atom. The van der Waals surface area contributed by atoms with Gasteiger partial charge in [-0.05, 0) is 12.5 Å². The van der Waals surface area contributed by atoms with E-state index in [4.69, 9.17) is 21.1 Å². The van der Waals surface area contributed by atoms with E-state index in [9.17, 15) is 4.21 Å². The molecule has 0 fully saturated rings. The molecule has 2 aromatic rings. The lowest BCUT2D eigenvalue weighted by molar-refractivity contribution is 0.297. The topological polar surface area (TPSA) is 63.0 Å². The predicted octanol–water partition coefficient (Wildman–Crippen LogP) is 3.66. The van der Waals surface area contributed by atoms with Crippen LogP contribution in [0.3, 0.4) is 0 Å². The highest BCUT2D eigenvalue weighted by atomic mass is 35.5. The first kappa shape index (κ1) is 14.8. The number of ether oxygens (including phenoxy) is 1. The fourth-order valence-electron chi connectivity index (χ4n) is 1.91. The molecule has 0 amide bonds. The number of hydrogen-bond donors (Lipinski definition) is 1. The van der Waals surface area contributed by atoms with Crippen LogP contribution in [-0.4, -0.2) is 15.4 Å². The third-order valence-electron chi connectivity index (χ3n) is 2.70. The number of aromatic nitrogens is 1. The molecule has 0 aliphatic carbocycles. The van der Waals surface area contributed by atoms with E-state index >= 15 is 0 Å². The van der Waals surface area contributed by atoms with Gasteiger partial charge in [-0.2, -0.15) is 0 Å². The first-order valence-corrected chi connectivity index (χ1v) is 8.30. The number of nitrogens with one attached hydrogen (secondary N) is 1. The lowest BCUT2D eigenvalue weighted by Gasteiger charge is -2.14. The fourth-order valence-corrected chi connectivity index (χ4v) is 3.25. The summed E-state index contributed by atoms with van der Waals surface area (Å²) in [6, 6.07) is 11.1. The zero-order valence-electron chi connectivity index (χ0n) is 11.2. The SMILES string of the molecule is Cc1nc(Cl)cc(OCc2ccccc2)c1[S@](C)(=N)=O. The number of hydrogen-bond acceptors (Lipinski definition) is 4. The molecule has 0 aliphatic heterocycles. The molecule has 0 saturated carbocycles. The average molecular weight is 311 g/mol. The standard InChI is InChI=1S/C14H15ClN2O2S/c1-10-14(20(2,16)18)12(8-13(15)17-10)19-9-11-6-4-3-5-7-11/h3-8,16H,9H2,1-2H3/t20-/m1/s1. The molecule has 1 aromatic heterocycles. The van der Waals surface area contributed by atoms with E-state index in [-0.39, 0.29) is 5.15 Å². The van der Waals surface area contributed by atoms with E-state index in [1.165, 1.54) is 12.3 Å². The largest absolute Gasteiger partial charge is 0.487 e. The Kier molecular flexibility index (Phi) is 4.30. The van der Waals surface area contributed by atoms with Gasteiger partial charge in [-0.1, -0.05) is 41.9 Å². The van der Waals surface area contributed by atoms with E-state index in [0.717, 1.165) is 5.56 Å². The Labute approximate surface area is 123 Å². The van der Waals surface area contributed by atoms with Gasteiger partial charge in [0.05, 0.1) is 15.4 Å². The van der Waals surface area contributed by atoms with Gasteiger partial charge < -0.3 is 4.74 Å². The van der Waals surface area contributed by atoms with Crippen LogP contribution in [0.15, 0.2) is 41.3 Å². The van der Waals surface area contributed by atoms with E-state index in [1.807, 2.05) is 30.3 Å². The van der Waals surface area contributed by atoms with Crippen LogP contribution in [0, 0.1) is 11.7 Å². The Morgan fingerprint density at radius 3 is 2.60 bits per heavy atom. The van der Waals surface area contributed by atoms with Crippen LogP contribution < -0.4 is 4.74 Å². The molecule has 2 rings (SSSR count). The molecule has 106 valence electrons. The molecule has 4 nitrogen and oxygen atoms in total. The van der Waals surface area contributed by atoms with Gasteiger partial charge in [0.2, 0.25) is 0 Å². The van der Waals surface area contributed by atoms with Gasteiger partial charge in [0.1, 0.15) is 22.4 Å². The summed E-state index contributed by atoms with van der Waals surface area (Å²) in [4.78, 5) is 4.35. The van der Waals surface area contributed by atoms with Gasteiger partial charge in [0.15, 0.2) is 0 Å². The molecular formula is C14H15ClN2O2S. The summed E-state index contributed by atoms with van der Waals surface area (Å²) in [5.74, 6) is 0.355. The maximum Gasteiger partial charge on any atom is 0.141 e. The van der Waals surface area contributed by atoms with Crippen molar-refractivity contribution in [2.45, 2.75) is 18.4 Å². The van der Waals surface area contributed by atoms with Gasteiger partial charge in [0, 0.05) is 12.3 Å². The minimum absolute atomic E-state index is 0.262. The van der Waals surface area contributed by atoms with Crippen LogP contribution in [0.4, 0.5) is 0 Å². The van der Waals surface area contributed by atoms with Crippen molar-refractivity contribution >= 4 is 21.3 Å². The van der Waals surface area contributed by atoms with Crippen LogP contribution in [0.25, 0.3) is 0 Å². The monoisotopic (exact) mass is 310 g/mol. The quantitative estimate of drug-likeness (QED) is 0.877. The summed E-state index contributed by atoms with van der Waals surface area (Å²) in [5.41, 5.74) is 1.44. The molecule has 1 heterocycles. The van der Waals surface area contributed by atoms with Crippen molar-refractivity contribution in [1.29, 1.82) is 4.78 Å². The first-order chi connectivity index (χ1) is 9.38. The van der Waals surface area contributed by atoms with Gasteiger partial charge in [-0.15, -0.1) is 0 Å². The molecule has 1 aromatic carbocycles. The predicted molar refractivity (Wildman–Crippen MR) is 79.8 cm³/mol. The normalized spacial score (nSPS) is 13.8. The minimum atomic E-state index is -2.93. The van der Waals surface area contributed by atoms with Crippen molar-refractivity contribution in [3.63, 3.8) is 0 Å². The molecule has 6 heteroatoms. The maximum absolute atomic E-state index is 12.1. The highest BCUT2D eigenvalue weighted by Gasteiger charge is 2.17. The van der Waals surface area contributed by atoms with E-state index in [0.29, 0.717) is 22.9 Å². The summed E-state index contributed by atoms with van der Waals surface area (Å²) in [5, 5.41) is 0.262. The number of benzene rings is 1. The molecule has 0 unspecified atom stereocenters. The van der Waals surface area contributed by atoms with Crippen LogP contribution >= 0.6 is 11.6 Å². The molecule has 1 atom stereocenters. The van der Waals surface area contributed by atoms with Crippen molar-refractivity contribution < 1.29 is 8.95 Å². The lowest BCUT2D eigenvalue weighted by atomic mass is 10.2. The van der Waals surface area contributed by atoms with Crippen molar-refractivity contribution in [3.8, 4) is 5.75 Å². The van der Waals surface area contributed by atoms with E-state index < -0.39 is 9.73 Å². The number of aryl methyl sites for hydroxylation is 1. The van der Waals surface area contributed by atoms with Crippen molar-refractivity contribution in [3.05, 3.63) is 52.8 Å². The Morgan fingerprint density at radius 2 is 2.00 bits per heavy atom. The molecule has 0 saturated heterocycles. The van der Waals surface area contributed by atoms with Crippen molar-refractivity contribution in [1.82, 2.24) is 4.98 Å². The third kappa shape index (κ3) is 3.49. The molecule has 20 heavy (non-hydrogen) atoms. The number of nitrogens with zero attached hydrogens (tertiary/aromatic N) is 1. The Balaban J connectivity index is 2.36. The zero-order chi connectivity index (χ0) is 14.8. The van der Waals surface area contributed by atoms with E-state index in [1.54, 1.807) is 6.92 Å². The molecule has 0 bridgehead atoms. The van der Waals surface area contributed by atoms with Crippen LogP contribution in [-0.2, 0) is 16.3 Å². The fraction of sp³-hybridized carbons (Fsp3) is 0.214. The number of halogens is 1. The van der Waals surface area contributed by atoms with Crippen LogP contribution in [0.1, 0.15) is 11.3 Å². The zero-order valence-corrected chi connectivity index (χ0v) is 12.8. The highest BCUT2D eigenvalue weighted by molar-refractivity contribution is 7.91. The second kappa shape index (κ2) is 5.81. The second-order valence-electron chi connectivity index (χ2n) is 4.48. The summed E-state index contributed by atoms with van der Waals surface area (Å²) in [7, 11) is -2.93. The molecular weight excluding hydrogens is 296 g/mol. The summed E-state index contributed by atoms with van der Waals surface area (Å²) in [6.45, 7) is 2.00. The van der Waals surface area contributed by atoms with Gasteiger partial charge in [-0.3, -0.25) is 0 Å².